The zero-order valence-corrected chi connectivity index (χ0v) is 14.2. The molecule has 0 unspecified atom stereocenters. The summed E-state index contributed by atoms with van der Waals surface area (Å²) in [4.78, 5) is 20.8. The number of benzene rings is 1. The Labute approximate surface area is 144 Å². The van der Waals surface area contributed by atoms with Crippen molar-refractivity contribution in [3.8, 4) is 11.3 Å². The lowest BCUT2D eigenvalue weighted by Gasteiger charge is -2.33. The Morgan fingerprint density at radius 1 is 1.24 bits per heavy atom. The lowest BCUT2D eigenvalue weighted by atomic mass is 9.91. The van der Waals surface area contributed by atoms with Gasteiger partial charge >= 0.3 is 0 Å². The number of fused-ring (bicyclic) bond motifs is 1. The molecule has 1 N–H and O–H groups in total. The second-order valence-corrected chi connectivity index (χ2v) is 6.66. The van der Waals surface area contributed by atoms with E-state index in [0.29, 0.717) is 5.69 Å². The second kappa shape index (κ2) is 5.74. The van der Waals surface area contributed by atoms with Gasteiger partial charge in [-0.15, -0.1) is 0 Å². The van der Waals surface area contributed by atoms with Gasteiger partial charge in [0, 0.05) is 43.0 Å². The summed E-state index contributed by atoms with van der Waals surface area (Å²) in [6.45, 7) is 2.16. The Balaban J connectivity index is 1.67. The van der Waals surface area contributed by atoms with Crippen molar-refractivity contribution in [3.05, 3.63) is 48.2 Å². The molecule has 6 heteroatoms. The number of hydrogen-bond acceptors (Lipinski definition) is 4. The highest BCUT2D eigenvalue weighted by Gasteiger charge is 2.44. The van der Waals surface area contributed by atoms with E-state index in [1.807, 2.05) is 42.9 Å². The van der Waals surface area contributed by atoms with Gasteiger partial charge in [-0.3, -0.25) is 9.78 Å². The molecule has 3 aromatic rings. The van der Waals surface area contributed by atoms with Crippen LogP contribution in [-0.4, -0.2) is 39.1 Å². The third-order valence-electron chi connectivity index (χ3n) is 4.95. The number of alkyl halides is 1. The molecule has 3 heterocycles. The van der Waals surface area contributed by atoms with Crippen LogP contribution in [0.4, 0.5) is 4.39 Å². The summed E-state index contributed by atoms with van der Waals surface area (Å²) in [6.07, 6.45) is 3.60. The zero-order chi connectivity index (χ0) is 17.6. The lowest BCUT2D eigenvalue weighted by molar-refractivity contribution is -0.133. The number of Topliss-reactive ketones (excluding diaryl/α,β-unsaturated/α-hetero) is 1. The van der Waals surface area contributed by atoms with Crippen LogP contribution >= 0.6 is 0 Å². The number of carbonyl (C=O) groups is 1. The fourth-order valence-corrected chi connectivity index (χ4v) is 3.08. The van der Waals surface area contributed by atoms with Gasteiger partial charge in [0.25, 0.3) is 0 Å². The third kappa shape index (κ3) is 2.72. The predicted octanol–water partition coefficient (Wildman–Crippen LogP) is 2.37. The van der Waals surface area contributed by atoms with E-state index in [2.05, 4.69) is 21.4 Å². The number of hydrogen-bond donors (Lipinski definition) is 1. The van der Waals surface area contributed by atoms with Crippen molar-refractivity contribution < 1.29 is 9.18 Å². The van der Waals surface area contributed by atoms with Crippen LogP contribution in [-0.2, 0) is 18.3 Å². The summed E-state index contributed by atoms with van der Waals surface area (Å²) in [5.74, 6) is 0.537. The van der Waals surface area contributed by atoms with Crippen molar-refractivity contribution in [2.75, 3.05) is 13.1 Å². The molecule has 1 aromatic carbocycles. The van der Waals surface area contributed by atoms with Crippen LogP contribution < -0.4 is 5.32 Å². The lowest BCUT2D eigenvalue weighted by Crippen LogP contribution is -2.61. The number of aromatic nitrogens is 3. The van der Waals surface area contributed by atoms with Crippen molar-refractivity contribution >= 4 is 16.6 Å². The fraction of sp³-hybridized carbons (Fsp3) is 0.316. The van der Waals surface area contributed by atoms with Crippen LogP contribution in [0.25, 0.3) is 22.0 Å². The Bertz CT molecular complexity index is 975. The second-order valence-electron chi connectivity index (χ2n) is 6.66. The maximum atomic E-state index is 14.2. The average molecular weight is 338 g/mol. The van der Waals surface area contributed by atoms with E-state index in [1.165, 1.54) is 0 Å². The number of halogens is 1. The quantitative estimate of drug-likeness (QED) is 0.793. The minimum absolute atomic E-state index is 0.0170. The van der Waals surface area contributed by atoms with Crippen LogP contribution in [0.5, 0.6) is 0 Å². The van der Waals surface area contributed by atoms with Crippen molar-refractivity contribution in [2.24, 2.45) is 7.05 Å². The fourth-order valence-electron chi connectivity index (χ4n) is 3.08. The Hall–Kier alpha value is -2.60. The van der Waals surface area contributed by atoms with E-state index in [1.54, 1.807) is 6.20 Å². The van der Waals surface area contributed by atoms with E-state index < -0.39 is 11.5 Å². The van der Waals surface area contributed by atoms with Crippen molar-refractivity contribution in [2.45, 2.75) is 19.0 Å². The van der Waals surface area contributed by atoms with E-state index in [4.69, 9.17) is 0 Å². The van der Waals surface area contributed by atoms with Crippen molar-refractivity contribution in [1.29, 1.82) is 0 Å². The van der Waals surface area contributed by atoms with Crippen LogP contribution in [0.15, 0.2) is 36.7 Å². The summed E-state index contributed by atoms with van der Waals surface area (Å²) >= 11 is 0. The van der Waals surface area contributed by atoms with Crippen molar-refractivity contribution in [1.82, 2.24) is 19.9 Å². The molecule has 0 radical (unpaired) electrons. The molecule has 1 aliphatic rings. The molecule has 25 heavy (non-hydrogen) atoms. The summed E-state index contributed by atoms with van der Waals surface area (Å²) in [7, 11) is 1.98. The van der Waals surface area contributed by atoms with Crippen LogP contribution in [0.2, 0.25) is 0 Å². The first-order valence-corrected chi connectivity index (χ1v) is 8.27. The molecule has 0 saturated carbocycles. The Morgan fingerprint density at radius 3 is 2.68 bits per heavy atom. The van der Waals surface area contributed by atoms with Crippen molar-refractivity contribution in [3.63, 3.8) is 0 Å². The summed E-state index contributed by atoms with van der Waals surface area (Å²) in [5, 5.41) is 4.77. The van der Waals surface area contributed by atoms with Gasteiger partial charge in [-0.05, 0) is 24.4 Å². The molecule has 0 amide bonds. The van der Waals surface area contributed by atoms with E-state index in [9.17, 15) is 9.18 Å². The molecule has 0 atom stereocenters. The maximum absolute atomic E-state index is 14.2. The van der Waals surface area contributed by atoms with Crippen LogP contribution in [0, 0.1) is 6.92 Å². The van der Waals surface area contributed by atoms with E-state index in [-0.39, 0.29) is 19.5 Å². The van der Waals surface area contributed by atoms with Gasteiger partial charge in [0.1, 0.15) is 5.82 Å². The highest BCUT2D eigenvalue weighted by molar-refractivity contribution is 5.92. The highest BCUT2D eigenvalue weighted by atomic mass is 19.1. The summed E-state index contributed by atoms with van der Waals surface area (Å²) < 4.78 is 16.2. The number of nitrogens with zero attached hydrogens (tertiary/aromatic N) is 3. The van der Waals surface area contributed by atoms with Gasteiger partial charge in [-0.2, -0.15) is 0 Å². The van der Waals surface area contributed by atoms with Gasteiger partial charge < -0.3 is 9.88 Å². The summed E-state index contributed by atoms with van der Waals surface area (Å²) in [5.41, 5.74) is 0.936. The number of nitrogens with one attached hydrogen (secondary N) is 1. The molecule has 0 bridgehead atoms. The largest absolute Gasteiger partial charge is 0.331 e. The SMILES string of the molecule is Cc1ncc(-c2ccc3cnc(CC(=O)C4(F)CNC4)cc3c2)n1C. The number of rotatable bonds is 4. The van der Waals surface area contributed by atoms with E-state index in [0.717, 1.165) is 27.9 Å². The minimum atomic E-state index is -1.73. The van der Waals surface area contributed by atoms with Gasteiger partial charge in [-0.25, -0.2) is 9.37 Å². The number of carbonyl (C=O) groups excluding carboxylic acids is 1. The monoisotopic (exact) mass is 338 g/mol. The first-order valence-electron chi connectivity index (χ1n) is 8.27. The van der Waals surface area contributed by atoms with Crippen LogP contribution in [0.1, 0.15) is 11.5 Å². The summed E-state index contributed by atoms with van der Waals surface area (Å²) in [6, 6.07) is 7.95. The molecule has 5 nitrogen and oxygen atoms in total. The molecule has 4 rings (SSSR count). The number of aryl methyl sites for hydroxylation is 1. The van der Waals surface area contributed by atoms with Gasteiger partial charge in [-0.1, -0.05) is 12.1 Å². The zero-order valence-electron chi connectivity index (χ0n) is 14.2. The molecule has 0 spiro atoms. The first-order chi connectivity index (χ1) is 12.0. The number of imidazole rings is 1. The smallest absolute Gasteiger partial charge is 0.193 e. The van der Waals surface area contributed by atoms with Gasteiger partial charge in [0.2, 0.25) is 0 Å². The molecule has 1 aliphatic heterocycles. The van der Waals surface area contributed by atoms with E-state index >= 15 is 0 Å². The standard InChI is InChI=1S/C19H19FN4O/c1-12-22-9-17(24(12)2)13-3-4-14-8-23-16(6-15(14)5-13)7-18(25)19(20)10-21-11-19/h3-6,8-9,21H,7,10-11H2,1-2H3. The average Bonchev–Trinajstić information content (AvgIpc) is 2.91. The normalized spacial score (nSPS) is 16.0. The number of pyridine rings is 1. The van der Waals surface area contributed by atoms with Gasteiger partial charge in [0.15, 0.2) is 11.5 Å². The first kappa shape index (κ1) is 15.9. The molecular weight excluding hydrogens is 319 g/mol. The molecular formula is C19H19FN4O. The molecule has 0 aliphatic carbocycles. The molecule has 128 valence electrons. The third-order valence-corrected chi connectivity index (χ3v) is 4.95. The maximum Gasteiger partial charge on any atom is 0.193 e. The Kier molecular flexibility index (Phi) is 3.65. The molecule has 2 aromatic heterocycles. The Morgan fingerprint density at radius 2 is 2.04 bits per heavy atom. The minimum Gasteiger partial charge on any atom is -0.331 e. The predicted molar refractivity (Wildman–Crippen MR) is 94.1 cm³/mol. The van der Waals surface area contributed by atoms with Crippen LogP contribution in [0.3, 0.4) is 0 Å². The highest BCUT2D eigenvalue weighted by Crippen LogP contribution is 2.26. The van der Waals surface area contributed by atoms with Gasteiger partial charge in [0.05, 0.1) is 18.3 Å². The molecule has 1 saturated heterocycles. The topological polar surface area (TPSA) is 59.8 Å². The molecule has 1 fully saturated rings. The number of ketones is 1.